The lowest BCUT2D eigenvalue weighted by atomic mass is 10.2. The number of H-pyrrole nitrogens is 1. The van der Waals surface area contributed by atoms with Gasteiger partial charge in [0.1, 0.15) is 17.2 Å². The number of amides is 1. The van der Waals surface area contributed by atoms with Crippen LogP contribution in [0.1, 0.15) is 10.4 Å². The first-order valence-electron chi connectivity index (χ1n) is 8.11. The van der Waals surface area contributed by atoms with Gasteiger partial charge in [-0.15, -0.1) is 0 Å². The molecule has 4 rings (SSSR count). The highest BCUT2D eigenvalue weighted by Gasteiger charge is 2.12. The number of aromatic nitrogens is 2. The summed E-state index contributed by atoms with van der Waals surface area (Å²) in [4.78, 5) is 12.5. The van der Waals surface area contributed by atoms with Crippen LogP contribution in [0.3, 0.4) is 0 Å². The smallest absolute Gasteiger partial charge is 0.256 e. The van der Waals surface area contributed by atoms with Crippen molar-refractivity contribution in [2.75, 3.05) is 5.32 Å². The number of hydrogen-bond acceptors (Lipinski definition) is 4. The Morgan fingerprint density at radius 2 is 1.85 bits per heavy atom. The van der Waals surface area contributed by atoms with Crippen LogP contribution in [-0.2, 0) is 0 Å². The minimum absolute atomic E-state index is 0.123. The van der Waals surface area contributed by atoms with E-state index in [1.807, 2.05) is 12.1 Å². The monoisotopic (exact) mass is 379 g/mol. The van der Waals surface area contributed by atoms with E-state index in [1.54, 1.807) is 48.5 Å². The van der Waals surface area contributed by atoms with Gasteiger partial charge in [-0.05, 0) is 48.5 Å². The maximum atomic E-state index is 12.5. The molecule has 0 saturated heterocycles. The van der Waals surface area contributed by atoms with Crippen molar-refractivity contribution in [1.82, 2.24) is 10.2 Å². The summed E-state index contributed by atoms with van der Waals surface area (Å²) < 4.78 is 5.71. The molecule has 134 valence electrons. The molecule has 0 spiro atoms. The predicted octanol–water partition coefficient (Wildman–Crippen LogP) is 4.97. The van der Waals surface area contributed by atoms with E-state index < -0.39 is 0 Å². The number of hydrogen-bond donors (Lipinski definition) is 3. The zero-order chi connectivity index (χ0) is 18.8. The molecule has 1 heterocycles. The fraction of sp³-hybridized carbons (Fsp3) is 0. The van der Waals surface area contributed by atoms with Gasteiger partial charge in [0.05, 0.1) is 10.5 Å². The van der Waals surface area contributed by atoms with Gasteiger partial charge in [0.15, 0.2) is 5.82 Å². The van der Waals surface area contributed by atoms with Gasteiger partial charge >= 0.3 is 0 Å². The van der Waals surface area contributed by atoms with Gasteiger partial charge in [0.2, 0.25) is 0 Å². The number of phenolic OH excluding ortho intramolecular Hbond substituents is 1. The van der Waals surface area contributed by atoms with Crippen LogP contribution < -0.4 is 10.1 Å². The fourth-order valence-electron chi connectivity index (χ4n) is 2.61. The third-order valence-electron chi connectivity index (χ3n) is 3.96. The third-order valence-corrected chi connectivity index (χ3v) is 4.27. The van der Waals surface area contributed by atoms with Crippen LogP contribution in [-0.4, -0.2) is 21.2 Å². The van der Waals surface area contributed by atoms with Gasteiger partial charge < -0.3 is 15.2 Å². The van der Waals surface area contributed by atoms with Crippen LogP contribution >= 0.6 is 11.6 Å². The van der Waals surface area contributed by atoms with E-state index in [0.29, 0.717) is 38.8 Å². The second-order valence-electron chi connectivity index (χ2n) is 5.81. The predicted molar refractivity (Wildman–Crippen MR) is 104 cm³/mol. The minimum atomic E-state index is -0.305. The largest absolute Gasteiger partial charge is 0.508 e. The summed E-state index contributed by atoms with van der Waals surface area (Å²) in [7, 11) is 0. The number of phenols is 1. The van der Waals surface area contributed by atoms with E-state index in [1.165, 1.54) is 6.07 Å². The van der Waals surface area contributed by atoms with Crippen LogP contribution in [0, 0.1) is 0 Å². The Labute approximate surface area is 159 Å². The average molecular weight is 380 g/mol. The maximum absolute atomic E-state index is 12.5. The number of aromatic hydroxyl groups is 1. The second kappa shape index (κ2) is 7.01. The van der Waals surface area contributed by atoms with Gasteiger partial charge in [0, 0.05) is 17.0 Å². The normalized spacial score (nSPS) is 10.7. The highest BCUT2D eigenvalue weighted by molar-refractivity contribution is 6.32. The molecular formula is C20H14ClN3O3. The molecule has 1 amide bonds. The molecule has 0 bridgehead atoms. The Balaban J connectivity index is 1.50. The molecule has 0 fully saturated rings. The lowest BCUT2D eigenvalue weighted by Gasteiger charge is -2.08. The zero-order valence-electron chi connectivity index (χ0n) is 13.9. The quantitative estimate of drug-likeness (QED) is 0.467. The van der Waals surface area contributed by atoms with Crippen LogP contribution in [0.15, 0.2) is 66.7 Å². The molecule has 0 aliphatic heterocycles. The number of nitrogens with zero attached hydrogens (tertiary/aromatic N) is 1. The molecular weight excluding hydrogens is 366 g/mol. The van der Waals surface area contributed by atoms with Crippen molar-refractivity contribution in [1.29, 1.82) is 0 Å². The summed E-state index contributed by atoms with van der Waals surface area (Å²) >= 11 is 6.08. The van der Waals surface area contributed by atoms with Crippen LogP contribution in [0.2, 0.25) is 5.02 Å². The standard InChI is InChI=1S/C20H14ClN3O3/c21-16-3-1-2-4-18(16)27-14-8-5-12(6-9-14)20(26)22-19-15-10-7-13(25)11-17(15)23-24-19/h1-11,25H,(H2,22,23,24,26). The zero-order valence-corrected chi connectivity index (χ0v) is 14.7. The van der Waals surface area contributed by atoms with Crippen molar-refractivity contribution < 1.29 is 14.6 Å². The molecule has 3 N–H and O–H groups in total. The van der Waals surface area contributed by atoms with Gasteiger partial charge in [-0.3, -0.25) is 9.89 Å². The molecule has 0 unspecified atom stereocenters. The van der Waals surface area contributed by atoms with Crippen LogP contribution in [0.4, 0.5) is 5.82 Å². The molecule has 0 aliphatic carbocycles. The third kappa shape index (κ3) is 3.56. The number of ether oxygens (including phenoxy) is 1. The molecule has 1 aromatic heterocycles. The molecule has 7 heteroatoms. The lowest BCUT2D eigenvalue weighted by Crippen LogP contribution is -2.12. The first kappa shape index (κ1) is 16.9. The average Bonchev–Trinajstić information content (AvgIpc) is 3.06. The number of carbonyl (C=O) groups excluding carboxylic acids is 1. The Morgan fingerprint density at radius 3 is 2.63 bits per heavy atom. The number of para-hydroxylation sites is 1. The number of nitrogens with one attached hydrogen (secondary N) is 2. The number of benzene rings is 3. The molecule has 6 nitrogen and oxygen atoms in total. The SMILES string of the molecule is O=C(Nc1n[nH]c2cc(O)ccc12)c1ccc(Oc2ccccc2Cl)cc1. The molecule has 4 aromatic rings. The minimum Gasteiger partial charge on any atom is -0.508 e. The first-order chi connectivity index (χ1) is 13.1. The Kier molecular flexibility index (Phi) is 4.40. The number of carbonyl (C=O) groups is 1. The van der Waals surface area contributed by atoms with Crippen molar-refractivity contribution in [3.63, 3.8) is 0 Å². The summed E-state index contributed by atoms with van der Waals surface area (Å²) in [5, 5.41) is 20.3. The van der Waals surface area contributed by atoms with Gasteiger partial charge in [-0.25, -0.2) is 0 Å². The molecule has 0 saturated carbocycles. The van der Waals surface area contributed by atoms with Gasteiger partial charge in [0.25, 0.3) is 5.91 Å². The van der Waals surface area contributed by atoms with E-state index in [9.17, 15) is 9.90 Å². The Morgan fingerprint density at radius 1 is 1.07 bits per heavy atom. The van der Waals surface area contributed by atoms with Crippen molar-refractivity contribution in [2.45, 2.75) is 0 Å². The molecule has 0 atom stereocenters. The topological polar surface area (TPSA) is 87.2 Å². The summed E-state index contributed by atoms with van der Waals surface area (Å²) in [6, 6.07) is 18.6. The van der Waals surface area contributed by atoms with Gasteiger partial charge in [-0.1, -0.05) is 23.7 Å². The number of anilines is 1. The second-order valence-corrected chi connectivity index (χ2v) is 6.22. The summed E-state index contributed by atoms with van der Waals surface area (Å²) in [6.45, 7) is 0. The van der Waals surface area contributed by atoms with Crippen molar-refractivity contribution in [3.8, 4) is 17.2 Å². The number of halogens is 1. The molecule has 27 heavy (non-hydrogen) atoms. The maximum Gasteiger partial charge on any atom is 0.256 e. The van der Waals surface area contributed by atoms with E-state index >= 15 is 0 Å². The number of fused-ring (bicyclic) bond motifs is 1. The Hall–Kier alpha value is -3.51. The van der Waals surface area contributed by atoms with E-state index in [2.05, 4.69) is 15.5 Å². The van der Waals surface area contributed by atoms with E-state index in [-0.39, 0.29) is 11.7 Å². The highest BCUT2D eigenvalue weighted by Crippen LogP contribution is 2.29. The fourth-order valence-corrected chi connectivity index (χ4v) is 2.79. The number of aromatic amines is 1. The van der Waals surface area contributed by atoms with Crippen molar-refractivity contribution in [3.05, 3.63) is 77.3 Å². The summed E-state index contributed by atoms with van der Waals surface area (Å²) in [6.07, 6.45) is 0. The first-order valence-corrected chi connectivity index (χ1v) is 8.49. The molecule has 0 aliphatic rings. The molecule has 0 radical (unpaired) electrons. The van der Waals surface area contributed by atoms with E-state index in [0.717, 1.165) is 0 Å². The van der Waals surface area contributed by atoms with Gasteiger partial charge in [-0.2, -0.15) is 5.10 Å². The summed E-state index contributed by atoms with van der Waals surface area (Å²) in [5.41, 5.74) is 1.09. The molecule has 3 aromatic carbocycles. The van der Waals surface area contributed by atoms with Crippen molar-refractivity contribution in [2.24, 2.45) is 0 Å². The number of rotatable bonds is 4. The lowest BCUT2D eigenvalue weighted by molar-refractivity contribution is 0.102. The highest BCUT2D eigenvalue weighted by atomic mass is 35.5. The van der Waals surface area contributed by atoms with Crippen LogP contribution in [0.25, 0.3) is 10.9 Å². The van der Waals surface area contributed by atoms with Crippen molar-refractivity contribution >= 4 is 34.2 Å². The van der Waals surface area contributed by atoms with E-state index in [4.69, 9.17) is 16.3 Å². The van der Waals surface area contributed by atoms with Crippen LogP contribution in [0.5, 0.6) is 17.2 Å². The summed E-state index contributed by atoms with van der Waals surface area (Å²) in [5.74, 6) is 1.33. The Bertz CT molecular complexity index is 1120.